The van der Waals surface area contributed by atoms with Gasteiger partial charge in [0.05, 0.1) is 0 Å². The molecule has 2 rings (SSSR count). The molecule has 0 aliphatic carbocycles. The van der Waals surface area contributed by atoms with Crippen molar-refractivity contribution in [3.05, 3.63) is 60.1 Å². The van der Waals surface area contributed by atoms with Gasteiger partial charge in [0.25, 0.3) is 5.91 Å². The second-order valence-electron chi connectivity index (χ2n) is 3.82. The van der Waals surface area contributed by atoms with Crippen LogP contribution in [0.25, 0.3) is 6.08 Å². The first-order valence-electron chi connectivity index (χ1n) is 5.74. The van der Waals surface area contributed by atoms with E-state index in [9.17, 15) is 9.59 Å². The summed E-state index contributed by atoms with van der Waals surface area (Å²) in [6.07, 6.45) is 5.43. The van der Waals surface area contributed by atoms with Crippen LogP contribution in [0.4, 0.5) is 5.82 Å². The minimum atomic E-state index is -1.04. The summed E-state index contributed by atoms with van der Waals surface area (Å²) in [5, 5.41) is 11.2. The monoisotopic (exact) mass is 269 g/mol. The van der Waals surface area contributed by atoms with Crippen LogP contribution in [0.3, 0.4) is 0 Å². The predicted octanol–water partition coefficient (Wildman–Crippen LogP) is 1.83. The SMILES string of the molecule is O=C(O)/C=C/c1ccnc(NC(=O)c2ccccn2)c1. The Morgan fingerprint density at radius 2 is 2.00 bits per heavy atom. The number of nitrogens with one attached hydrogen (secondary N) is 1. The molecule has 0 atom stereocenters. The summed E-state index contributed by atoms with van der Waals surface area (Å²) >= 11 is 0. The van der Waals surface area contributed by atoms with E-state index < -0.39 is 5.97 Å². The Morgan fingerprint density at radius 1 is 1.15 bits per heavy atom. The van der Waals surface area contributed by atoms with Gasteiger partial charge in [-0.2, -0.15) is 0 Å². The average Bonchev–Trinajstić information content (AvgIpc) is 2.46. The standard InChI is InChI=1S/C14H11N3O3/c18-13(19)5-4-10-6-8-16-12(9-10)17-14(20)11-3-1-2-7-15-11/h1-9H,(H,18,19)(H,16,17,20)/b5-4+. The molecule has 2 aromatic heterocycles. The number of carboxylic acid groups (broad SMARTS) is 1. The van der Waals surface area contributed by atoms with Crippen molar-refractivity contribution in [2.75, 3.05) is 5.32 Å². The smallest absolute Gasteiger partial charge is 0.328 e. The van der Waals surface area contributed by atoms with Gasteiger partial charge in [-0.3, -0.25) is 9.78 Å². The highest BCUT2D eigenvalue weighted by atomic mass is 16.4. The molecule has 0 saturated carbocycles. The van der Waals surface area contributed by atoms with Gasteiger partial charge < -0.3 is 10.4 Å². The highest BCUT2D eigenvalue weighted by molar-refractivity contribution is 6.02. The number of rotatable bonds is 4. The van der Waals surface area contributed by atoms with Crippen molar-refractivity contribution in [2.24, 2.45) is 0 Å². The maximum Gasteiger partial charge on any atom is 0.328 e. The Hall–Kier alpha value is -3.02. The molecule has 20 heavy (non-hydrogen) atoms. The molecule has 0 spiro atoms. The zero-order valence-corrected chi connectivity index (χ0v) is 10.4. The van der Waals surface area contributed by atoms with Crippen molar-refractivity contribution in [3.8, 4) is 0 Å². The molecular weight excluding hydrogens is 258 g/mol. The Morgan fingerprint density at radius 3 is 2.70 bits per heavy atom. The molecule has 2 heterocycles. The first-order valence-corrected chi connectivity index (χ1v) is 5.74. The molecule has 0 fully saturated rings. The Kier molecular flexibility index (Phi) is 4.18. The fourth-order valence-corrected chi connectivity index (χ4v) is 1.46. The summed E-state index contributed by atoms with van der Waals surface area (Å²) in [6, 6.07) is 8.22. The molecule has 0 radical (unpaired) electrons. The molecule has 0 saturated heterocycles. The van der Waals surface area contributed by atoms with E-state index in [1.165, 1.54) is 18.5 Å². The van der Waals surface area contributed by atoms with E-state index >= 15 is 0 Å². The van der Waals surface area contributed by atoms with Crippen molar-refractivity contribution >= 4 is 23.8 Å². The lowest BCUT2D eigenvalue weighted by Crippen LogP contribution is -2.14. The number of nitrogens with zero attached hydrogens (tertiary/aromatic N) is 2. The number of amides is 1. The summed E-state index contributed by atoms with van der Waals surface area (Å²) in [5.41, 5.74) is 0.902. The lowest BCUT2D eigenvalue weighted by molar-refractivity contribution is -0.131. The Balaban J connectivity index is 2.12. The van der Waals surface area contributed by atoms with Crippen molar-refractivity contribution in [2.45, 2.75) is 0 Å². The van der Waals surface area contributed by atoms with Gasteiger partial charge in [-0.05, 0) is 35.9 Å². The zero-order valence-electron chi connectivity index (χ0n) is 10.4. The number of hydrogen-bond donors (Lipinski definition) is 2. The van der Waals surface area contributed by atoms with Crippen molar-refractivity contribution in [3.63, 3.8) is 0 Å². The third-order valence-corrected chi connectivity index (χ3v) is 2.34. The van der Waals surface area contributed by atoms with Gasteiger partial charge in [-0.1, -0.05) is 6.07 Å². The minimum absolute atomic E-state index is 0.279. The minimum Gasteiger partial charge on any atom is -0.478 e. The van der Waals surface area contributed by atoms with E-state index in [-0.39, 0.29) is 11.6 Å². The molecule has 0 unspecified atom stereocenters. The zero-order chi connectivity index (χ0) is 14.4. The molecule has 100 valence electrons. The van der Waals surface area contributed by atoms with Crippen LogP contribution in [0.15, 0.2) is 48.8 Å². The van der Waals surface area contributed by atoms with Gasteiger partial charge >= 0.3 is 5.97 Å². The Bertz CT molecular complexity index is 654. The summed E-state index contributed by atoms with van der Waals surface area (Å²) in [6.45, 7) is 0. The summed E-state index contributed by atoms with van der Waals surface area (Å²) in [7, 11) is 0. The average molecular weight is 269 g/mol. The van der Waals surface area contributed by atoms with Crippen LogP contribution < -0.4 is 5.32 Å². The third kappa shape index (κ3) is 3.74. The van der Waals surface area contributed by atoms with Gasteiger partial charge in [0.15, 0.2) is 0 Å². The van der Waals surface area contributed by atoms with E-state index in [0.29, 0.717) is 11.4 Å². The highest BCUT2D eigenvalue weighted by Gasteiger charge is 2.07. The van der Waals surface area contributed by atoms with Crippen LogP contribution in [-0.4, -0.2) is 27.0 Å². The van der Waals surface area contributed by atoms with E-state index in [1.54, 1.807) is 30.3 Å². The van der Waals surface area contributed by atoms with Crippen LogP contribution in [0.5, 0.6) is 0 Å². The topological polar surface area (TPSA) is 92.2 Å². The predicted molar refractivity (Wildman–Crippen MR) is 73.1 cm³/mol. The maximum atomic E-state index is 11.9. The van der Waals surface area contributed by atoms with Crippen LogP contribution in [0.1, 0.15) is 16.1 Å². The number of carbonyl (C=O) groups is 2. The largest absolute Gasteiger partial charge is 0.478 e. The quantitative estimate of drug-likeness (QED) is 0.826. The molecule has 2 N–H and O–H groups in total. The molecule has 2 aromatic rings. The number of pyridine rings is 2. The Labute approximate surface area is 114 Å². The van der Waals surface area contributed by atoms with Gasteiger partial charge in [0.1, 0.15) is 11.5 Å². The van der Waals surface area contributed by atoms with Crippen molar-refractivity contribution < 1.29 is 14.7 Å². The number of aliphatic carboxylic acids is 1. The molecule has 0 aliphatic heterocycles. The van der Waals surface area contributed by atoms with Crippen LogP contribution in [-0.2, 0) is 4.79 Å². The summed E-state index contributed by atoms with van der Waals surface area (Å²) in [4.78, 5) is 30.2. The fraction of sp³-hybridized carbons (Fsp3) is 0. The van der Waals surface area contributed by atoms with Gasteiger partial charge in [0, 0.05) is 18.5 Å². The van der Waals surface area contributed by atoms with Gasteiger partial charge in [-0.25, -0.2) is 9.78 Å². The number of anilines is 1. The second-order valence-corrected chi connectivity index (χ2v) is 3.82. The van der Waals surface area contributed by atoms with E-state index in [0.717, 1.165) is 6.08 Å². The molecule has 1 amide bonds. The van der Waals surface area contributed by atoms with Crippen LogP contribution in [0.2, 0.25) is 0 Å². The number of carboxylic acids is 1. The molecule has 6 heteroatoms. The first-order chi connectivity index (χ1) is 9.65. The number of aromatic nitrogens is 2. The molecule has 6 nitrogen and oxygen atoms in total. The van der Waals surface area contributed by atoms with E-state index in [1.807, 2.05) is 0 Å². The summed E-state index contributed by atoms with van der Waals surface area (Å²) < 4.78 is 0. The second kappa shape index (κ2) is 6.24. The lowest BCUT2D eigenvalue weighted by Gasteiger charge is -2.04. The molecule has 0 aromatic carbocycles. The van der Waals surface area contributed by atoms with E-state index in [4.69, 9.17) is 5.11 Å². The maximum absolute atomic E-state index is 11.9. The summed E-state index contributed by atoms with van der Waals surface area (Å²) in [5.74, 6) is -1.09. The fourth-order valence-electron chi connectivity index (χ4n) is 1.46. The van der Waals surface area contributed by atoms with Crippen LogP contribution >= 0.6 is 0 Å². The number of carbonyl (C=O) groups excluding carboxylic acids is 1. The normalized spacial score (nSPS) is 10.4. The van der Waals surface area contributed by atoms with Gasteiger partial charge in [0.2, 0.25) is 0 Å². The van der Waals surface area contributed by atoms with Crippen LogP contribution in [0, 0.1) is 0 Å². The molecular formula is C14H11N3O3. The highest BCUT2D eigenvalue weighted by Crippen LogP contribution is 2.09. The third-order valence-electron chi connectivity index (χ3n) is 2.34. The van der Waals surface area contributed by atoms with E-state index in [2.05, 4.69) is 15.3 Å². The lowest BCUT2D eigenvalue weighted by atomic mass is 10.2. The first kappa shape index (κ1) is 13.4. The van der Waals surface area contributed by atoms with Gasteiger partial charge in [-0.15, -0.1) is 0 Å². The van der Waals surface area contributed by atoms with Crippen molar-refractivity contribution in [1.82, 2.24) is 9.97 Å². The molecule has 0 bridgehead atoms. The number of hydrogen-bond acceptors (Lipinski definition) is 4. The molecule has 0 aliphatic rings. The van der Waals surface area contributed by atoms with Crippen molar-refractivity contribution in [1.29, 1.82) is 0 Å².